The second kappa shape index (κ2) is 20.3. The number of aromatic nitrogens is 5. The molecule has 2 amide bonds. The summed E-state index contributed by atoms with van der Waals surface area (Å²) < 4.78 is 53.2. The maximum atomic E-state index is 17.3. The number of terminal acetylenes is 1. The highest BCUT2D eigenvalue weighted by Gasteiger charge is 2.45. The van der Waals surface area contributed by atoms with E-state index in [-0.39, 0.29) is 58.6 Å². The van der Waals surface area contributed by atoms with Crippen LogP contribution in [0, 0.1) is 35.3 Å². The number of aryl methyl sites for hydroxylation is 1. The molecule has 1 aliphatic carbocycles. The molecule has 16 nitrogen and oxygen atoms in total. The number of piperazine rings is 1. The van der Waals surface area contributed by atoms with E-state index in [1.54, 1.807) is 36.0 Å². The van der Waals surface area contributed by atoms with Gasteiger partial charge < -0.3 is 33.8 Å². The molecule has 4 saturated heterocycles. The van der Waals surface area contributed by atoms with E-state index < -0.39 is 23.6 Å². The Kier molecular flexibility index (Phi) is 13.5. The largest absolute Gasteiger partial charge is 0.468 e. The van der Waals surface area contributed by atoms with Crippen LogP contribution in [0.2, 0.25) is 0 Å². The van der Waals surface area contributed by atoms with Gasteiger partial charge in [0.15, 0.2) is 12.6 Å². The third-order valence-electron chi connectivity index (χ3n) is 15.9. The zero-order valence-electron chi connectivity index (χ0n) is 41.6. The number of anilines is 2. The number of pyridine rings is 1. The average Bonchev–Trinajstić information content (AvgIpc) is 4.18. The highest BCUT2D eigenvalue weighted by Crippen LogP contribution is 2.47. The second-order valence-electron chi connectivity index (χ2n) is 20.7. The first-order valence-corrected chi connectivity index (χ1v) is 25.8. The van der Waals surface area contributed by atoms with Crippen LogP contribution in [0.5, 0.6) is 11.8 Å². The first-order chi connectivity index (χ1) is 35.5. The number of piperidine rings is 2. The maximum Gasteiger partial charge on any atom is 0.329 e. The number of carbonyl (C=O) groups is 2. The molecule has 3 aromatic carbocycles. The first kappa shape index (κ1) is 48.6. The van der Waals surface area contributed by atoms with E-state index in [2.05, 4.69) is 41.9 Å². The Balaban J connectivity index is 0.740. The van der Waals surface area contributed by atoms with Crippen LogP contribution >= 0.6 is 0 Å². The molecule has 0 spiro atoms. The molecule has 1 N–H and O–H groups in total. The van der Waals surface area contributed by atoms with Crippen molar-refractivity contribution in [3.05, 3.63) is 76.3 Å². The molecule has 4 aliphatic heterocycles. The fourth-order valence-corrected chi connectivity index (χ4v) is 11.6. The average molecular weight is 997 g/mol. The molecular weight excluding hydrogens is 935 g/mol. The molecule has 5 fully saturated rings. The summed E-state index contributed by atoms with van der Waals surface area (Å²) in [6.45, 7) is 9.68. The molecule has 6 aromatic rings. The third-order valence-corrected chi connectivity index (χ3v) is 15.9. The molecule has 1 unspecified atom stereocenters. The Morgan fingerprint density at radius 2 is 1.62 bits per heavy atom. The number of ether oxygens (including phenoxy) is 3. The summed E-state index contributed by atoms with van der Waals surface area (Å²) >= 11 is 0. The number of imidazole rings is 1. The minimum atomic E-state index is -0.704. The number of nitrogens with zero attached hydrogens (tertiary/aromatic N) is 9. The van der Waals surface area contributed by atoms with Gasteiger partial charge in [-0.2, -0.15) is 9.97 Å². The standard InChI is InChI=1S/C55H62F2N10O6/c1-4-39-42(56)11-9-36-27-38(73-34-71-3)29-40(47(36)39)49-48(57)50-41(30-58-49)51(66-19-7-5-6-8-20-66)61-53(60-50)72-33-55(17-18-55)32-64-25-23-63(24-26-64)31-35-15-21-65(22-16-35)37-10-12-43-45(28-37)62(2)54(70)67(43)44-13-14-46(68)59-52(44)69/h1,9-12,27-30,35,44H,5-8,13-26,31-34H2,2-3H3,(H,59,68,69). The number of imide groups is 1. The summed E-state index contributed by atoms with van der Waals surface area (Å²) in [7, 11) is 3.24. The van der Waals surface area contributed by atoms with Gasteiger partial charge in [-0.3, -0.25) is 29.0 Å². The van der Waals surface area contributed by atoms with Gasteiger partial charge in [0.2, 0.25) is 11.8 Å². The number of nitrogens with one attached hydrogen (secondary N) is 1. The summed E-state index contributed by atoms with van der Waals surface area (Å²) in [4.78, 5) is 61.9. The molecular formula is C55H62F2N10O6. The lowest BCUT2D eigenvalue weighted by molar-refractivity contribution is -0.135. The maximum absolute atomic E-state index is 17.3. The van der Waals surface area contributed by atoms with Gasteiger partial charge in [0.1, 0.15) is 34.6 Å². The van der Waals surface area contributed by atoms with Crippen molar-refractivity contribution in [1.29, 1.82) is 0 Å². The summed E-state index contributed by atoms with van der Waals surface area (Å²) in [5, 5.41) is 3.78. The van der Waals surface area contributed by atoms with Gasteiger partial charge >= 0.3 is 11.7 Å². The van der Waals surface area contributed by atoms with E-state index in [0.29, 0.717) is 52.2 Å². The van der Waals surface area contributed by atoms with Gasteiger partial charge in [-0.25, -0.2) is 13.6 Å². The highest BCUT2D eigenvalue weighted by molar-refractivity contribution is 6.03. The molecule has 7 heterocycles. The number of hydrogen-bond donors (Lipinski definition) is 1. The van der Waals surface area contributed by atoms with Crippen LogP contribution in [0.25, 0.3) is 44.0 Å². The van der Waals surface area contributed by atoms with Gasteiger partial charge in [0.05, 0.1) is 28.6 Å². The number of amides is 2. The van der Waals surface area contributed by atoms with Crippen LogP contribution < -0.4 is 30.3 Å². The van der Waals surface area contributed by atoms with Gasteiger partial charge in [-0.15, -0.1) is 6.42 Å². The van der Waals surface area contributed by atoms with Crippen LogP contribution in [0.15, 0.2) is 53.5 Å². The Bertz CT molecular complexity index is 3200. The minimum Gasteiger partial charge on any atom is -0.468 e. The monoisotopic (exact) mass is 996 g/mol. The number of rotatable bonds is 14. The summed E-state index contributed by atoms with van der Waals surface area (Å²) in [6, 6.07) is 11.7. The zero-order chi connectivity index (χ0) is 50.4. The van der Waals surface area contributed by atoms with Gasteiger partial charge in [-0.1, -0.05) is 24.8 Å². The number of benzene rings is 3. The highest BCUT2D eigenvalue weighted by atomic mass is 19.1. The van der Waals surface area contributed by atoms with E-state index in [0.717, 1.165) is 128 Å². The lowest BCUT2D eigenvalue weighted by Crippen LogP contribution is -2.50. The molecule has 0 bridgehead atoms. The molecule has 5 aliphatic rings. The fraction of sp³-hybridized carbons (Fsp3) is 0.491. The number of hydrogen-bond acceptors (Lipinski definition) is 13. The third kappa shape index (κ3) is 9.70. The molecule has 3 aromatic heterocycles. The van der Waals surface area contributed by atoms with Gasteiger partial charge in [-0.05, 0) is 92.6 Å². The Hall–Kier alpha value is -6.68. The topological polar surface area (TPSA) is 152 Å². The van der Waals surface area contributed by atoms with Crippen molar-refractivity contribution in [2.45, 2.75) is 70.3 Å². The van der Waals surface area contributed by atoms with Crippen LogP contribution in [0.4, 0.5) is 20.3 Å². The summed E-state index contributed by atoms with van der Waals surface area (Å²) in [5.74, 6) is 2.03. The summed E-state index contributed by atoms with van der Waals surface area (Å²) in [5.41, 5.74) is 2.55. The molecule has 1 saturated carbocycles. The Morgan fingerprint density at radius 1 is 0.849 bits per heavy atom. The minimum absolute atomic E-state index is 0.00342. The van der Waals surface area contributed by atoms with E-state index in [4.69, 9.17) is 30.6 Å². The Morgan fingerprint density at radius 3 is 2.34 bits per heavy atom. The molecule has 1 atom stereocenters. The molecule has 0 radical (unpaired) electrons. The van der Waals surface area contributed by atoms with Crippen molar-refractivity contribution in [1.82, 2.24) is 39.2 Å². The van der Waals surface area contributed by atoms with E-state index in [9.17, 15) is 14.4 Å². The molecule has 382 valence electrons. The number of carbonyl (C=O) groups excluding carboxylic acids is 2. The summed E-state index contributed by atoms with van der Waals surface area (Å²) in [6.07, 6.45) is 16.4. The van der Waals surface area contributed by atoms with Crippen molar-refractivity contribution < 1.29 is 32.6 Å². The van der Waals surface area contributed by atoms with E-state index >= 15 is 8.78 Å². The van der Waals surface area contributed by atoms with Gasteiger partial charge in [0.25, 0.3) is 0 Å². The van der Waals surface area contributed by atoms with E-state index in [1.165, 1.54) is 17.7 Å². The number of fused-ring (bicyclic) bond motifs is 3. The lowest BCUT2D eigenvalue weighted by Gasteiger charge is -2.40. The smallest absolute Gasteiger partial charge is 0.329 e. The first-order valence-electron chi connectivity index (χ1n) is 25.8. The molecule has 11 rings (SSSR count). The zero-order valence-corrected chi connectivity index (χ0v) is 41.6. The van der Waals surface area contributed by atoms with Crippen LogP contribution in [0.3, 0.4) is 0 Å². The number of methoxy groups -OCH3 is 1. The van der Waals surface area contributed by atoms with Crippen LogP contribution in [-0.2, 0) is 21.4 Å². The predicted molar refractivity (Wildman–Crippen MR) is 275 cm³/mol. The van der Waals surface area contributed by atoms with Crippen molar-refractivity contribution in [2.75, 3.05) is 95.8 Å². The van der Waals surface area contributed by atoms with Crippen molar-refractivity contribution in [3.8, 4) is 35.4 Å². The lowest BCUT2D eigenvalue weighted by atomic mass is 9.95. The van der Waals surface area contributed by atoms with Crippen molar-refractivity contribution in [3.63, 3.8) is 0 Å². The van der Waals surface area contributed by atoms with Gasteiger partial charge in [0, 0.05) is 114 Å². The van der Waals surface area contributed by atoms with E-state index in [1.807, 2.05) is 12.1 Å². The van der Waals surface area contributed by atoms with Crippen molar-refractivity contribution >= 4 is 56.0 Å². The van der Waals surface area contributed by atoms with Crippen LogP contribution in [-0.4, -0.2) is 132 Å². The molecule has 18 heteroatoms. The number of halogens is 2. The fourth-order valence-electron chi connectivity index (χ4n) is 11.6. The Labute approximate surface area is 422 Å². The predicted octanol–water partition coefficient (Wildman–Crippen LogP) is 6.79. The van der Waals surface area contributed by atoms with Crippen molar-refractivity contribution in [2.24, 2.45) is 18.4 Å². The van der Waals surface area contributed by atoms with Crippen LogP contribution in [0.1, 0.15) is 75.8 Å². The molecule has 73 heavy (non-hydrogen) atoms. The SMILES string of the molecule is C#Cc1c(F)ccc2cc(OCOC)cc(-c3ncc4c(N5CCCCCC5)nc(OCC5(CN6CCN(CC7CCN(c8ccc9c(c8)n(C)c(=O)n9C8CCC(=O)NC8=O)CC7)CC6)CC5)nc4c3F)c12. The second-order valence-corrected chi connectivity index (χ2v) is 20.7. The normalized spacial score (nSPS) is 20.1. The quantitative estimate of drug-likeness (QED) is 0.0694.